The lowest BCUT2D eigenvalue weighted by Gasteiger charge is -2.07. The Morgan fingerprint density at radius 1 is 0.239 bits per heavy atom. The summed E-state index contributed by atoms with van der Waals surface area (Å²) in [7, 11) is 10.2. The van der Waals surface area contributed by atoms with Gasteiger partial charge >= 0.3 is 0 Å². The summed E-state index contributed by atoms with van der Waals surface area (Å²) in [6, 6.07) is 41.6. The van der Waals surface area contributed by atoms with Gasteiger partial charge in [-0.25, -0.2) is 27.4 Å². The quantitative estimate of drug-likeness (QED) is 0.148. The molecule has 0 aliphatic heterocycles. The van der Waals surface area contributed by atoms with E-state index in [-0.39, 0.29) is 71.6 Å². The number of aryl methyl sites for hydroxylation is 6. The molecule has 0 unspecified atom stereocenters. The van der Waals surface area contributed by atoms with Gasteiger partial charge < -0.3 is 0 Å². The largest absolute Gasteiger partial charge is 0.212 e. The lowest BCUT2D eigenvalue weighted by Crippen LogP contribution is -2.31. The highest BCUT2D eigenvalue weighted by Crippen LogP contribution is 2.26. The zero-order valence-corrected chi connectivity index (χ0v) is 55.9. The highest BCUT2D eigenvalue weighted by molar-refractivity contribution is 5.65. The van der Waals surface area contributed by atoms with Crippen molar-refractivity contribution in [3.63, 3.8) is 0 Å². The lowest BCUT2D eigenvalue weighted by atomic mass is 10.0. The Hall–Kier alpha value is -9.78. The van der Waals surface area contributed by atoms with Crippen LogP contribution in [0.3, 0.4) is 0 Å². The number of rotatable bonds is 6. The van der Waals surface area contributed by atoms with Crippen molar-refractivity contribution in [2.45, 2.75) is 96.7 Å². The normalized spacial score (nSPS) is 15.0. The van der Waals surface area contributed by atoms with E-state index in [4.69, 9.17) is 37.0 Å². The van der Waals surface area contributed by atoms with Crippen LogP contribution in [0.5, 0.6) is 0 Å². The van der Waals surface area contributed by atoms with Crippen LogP contribution >= 0.6 is 0 Å². The second-order valence-corrected chi connectivity index (χ2v) is 22.4. The molecule has 0 spiro atoms. The van der Waals surface area contributed by atoms with Crippen molar-refractivity contribution < 1.29 is 64.4 Å². The van der Waals surface area contributed by atoms with Crippen LogP contribution in [0, 0.1) is 96.7 Å². The average molecular weight is 1240 g/mol. The van der Waals surface area contributed by atoms with Gasteiger partial charge in [0.25, 0.3) is 0 Å². The summed E-state index contributed by atoms with van der Waals surface area (Å²) in [5.41, 5.74) is 14.9. The first-order chi connectivity index (χ1) is 55.1. The van der Waals surface area contributed by atoms with Crippen molar-refractivity contribution >= 4 is 0 Å². The zero-order valence-electron chi connectivity index (χ0n) is 82.9. The van der Waals surface area contributed by atoms with Crippen LogP contribution in [0.15, 0.2) is 243 Å². The fourth-order valence-electron chi connectivity index (χ4n) is 9.84. The van der Waals surface area contributed by atoms with Gasteiger partial charge in [-0.05, 0) is 201 Å². The highest BCUT2D eigenvalue weighted by Gasteiger charge is 2.18. The van der Waals surface area contributed by atoms with Crippen molar-refractivity contribution in [1.82, 2.24) is 0 Å². The Bertz CT molecular complexity index is 5320. The minimum atomic E-state index is -3.08. The fourth-order valence-corrected chi connectivity index (χ4v) is 9.84. The third-order valence-corrected chi connectivity index (χ3v) is 15.0. The Balaban J connectivity index is 0.000000200. The van der Waals surface area contributed by atoms with Crippen LogP contribution in [0.2, 0.25) is 0 Å². The van der Waals surface area contributed by atoms with Crippen LogP contribution in [-0.2, 0) is 42.3 Å². The predicted octanol–water partition coefficient (Wildman–Crippen LogP) is 17.4. The number of pyridine rings is 6. The molecule has 0 amide bonds. The molecule has 0 atom stereocenters. The van der Waals surface area contributed by atoms with E-state index in [0.717, 1.165) is 77.2 Å². The van der Waals surface area contributed by atoms with Crippen molar-refractivity contribution in [3.05, 3.63) is 321 Å². The molecule has 0 saturated carbocycles. The van der Waals surface area contributed by atoms with E-state index in [0.29, 0.717) is 52.6 Å². The lowest BCUT2D eigenvalue weighted by molar-refractivity contribution is -0.660. The molecule has 6 aromatic carbocycles. The molecule has 0 aliphatic rings. The third kappa shape index (κ3) is 18.7. The van der Waals surface area contributed by atoms with Gasteiger partial charge in [0.15, 0.2) is 37.0 Å². The molecule has 0 aliphatic carbocycles. The standard InChI is InChI=1S/C16H20N.C15H18N.3C14H16N.C13H14N/c1-11-6-7-15(13(3)8-11)16-9-12(2)14(4)10-17(16)5;1-11-7-5-6-8-14(11)15-9-12(2)13(3)10-16(15)4;1-11-8-9-15(3)14(10-11)13-7-5-4-6-12(13)2;2*1-11-8-9-14(15(3)10-11)13-7-5-4-6-12(13)2;1-11-7-3-4-8-12(11)13-9-5-6-10-14(13)2/h6-10H,1-5H3;5-10H,1-4H3;3*4-10H,1-3H3;3-10H,1-2H3/q6*+1/i1D3,2D3,4D3,6D,7D,8D,9D,10D;9D,10D;2*8D,9D,10D;10D;5D,6D,9D,10D. The smallest absolute Gasteiger partial charge is 0.201 e. The van der Waals surface area contributed by atoms with Crippen molar-refractivity contribution in [2.24, 2.45) is 42.3 Å². The topological polar surface area (TPSA) is 23.3 Å². The molecular formula is C86H100N6+6. The SMILES string of the molecule is [2H]c1c(C)c(C)c([2H])[n+](C)c1-c1ccccc1C.[2H]c1c(C)c([2H])c(-c2ccccc2C)[n+](C)c1[2H].[2H]c1c(C)ccc(-c2ccccc2C)[n+]1C.[2H]c1c([2H])c(-c2ccccc2C)[n+](C)c([2H])c1C.[2H]c1c([2H])c(C([2H])([2H])[2H])c([2H])c(C)c1-c1c([2H])c(C([2H])([2H])[2H])c(C([2H])([2H])[2H])c([2H])[n+]1C.[2H]c1c([2H])c([2H])[n+](C)c(-c2ccccc2C)c1[2H]. The van der Waals surface area contributed by atoms with E-state index in [1.807, 2.05) is 182 Å². The maximum atomic E-state index is 8.48. The molecule has 468 valence electrons. The maximum absolute atomic E-state index is 8.48. The molecule has 6 heteroatoms. The van der Waals surface area contributed by atoms with Crippen LogP contribution in [-0.4, -0.2) is 0 Å². The second kappa shape index (κ2) is 32.8. The highest BCUT2D eigenvalue weighted by atomic mass is 14.9. The van der Waals surface area contributed by atoms with Crippen molar-refractivity contribution in [1.29, 1.82) is 0 Å². The first kappa shape index (κ1) is 40.9. The fraction of sp³-hybridized carbons (Fsp3) is 0.233. The van der Waals surface area contributed by atoms with E-state index >= 15 is 0 Å². The minimum absolute atomic E-state index is 0.00667. The summed E-state index contributed by atoms with van der Waals surface area (Å²) < 4.78 is 223. The molecule has 6 aromatic heterocycles. The number of aromatic nitrogens is 6. The zero-order chi connectivity index (χ0) is 89.9. The van der Waals surface area contributed by atoms with Gasteiger partial charge in [-0.1, -0.05) is 109 Å². The summed E-state index contributed by atoms with van der Waals surface area (Å²) in [4.78, 5) is 0. The number of nitrogens with zero attached hydrogens (tertiary/aromatic N) is 6. The molecule has 0 radical (unpaired) electrons. The maximum Gasteiger partial charge on any atom is 0.212 e. The summed E-state index contributed by atoms with van der Waals surface area (Å²) >= 11 is 0. The van der Waals surface area contributed by atoms with Gasteiger partial charge in [-0.2, -0.15) is 0 Å². The molecular weight excluding hydrogens is 1120 g/mol. The molecule has 6 nitrogen and oxygen atoms in total. The van der Waals surface area contributed by atoms with Crippen LogP contribution in [0.1, 0.15) is 115 Å². The Morgan fingerprint density at radius 2 is 0.652 bits per heavy atom. The van der Waals surface area contributed by atoms with Crippen LogP contribution in [0.4, 0.5) is 0 Å². The summed E-state index contributed by atoms with van der Waals surface area (Å²) in [5, 5.41) is 0. The monoisotopic (exact) mass is 1240 g/mol. The second-order valence-electron chi connectivity index (χ2n) is 22.4. The minimum Gasteiger partial charge on any atom is -0.201 e. The molecule has 92 heavy (non-hydrogen) atoms. The molecule has 12 rings (SSSR count). The van der Waals surface area contributed by atoms with Gasteiger partial charge in [0.2, 0.25) is 34.2 Å². The first-order valence-corrected chi connectivity index (χ1v) is 29.9. The Kier molecular flexibility index (Phi) is 14.6. The summed E-state index contributed by atoms with van der Waals surface area (Å²) in [6.07, 6.45) is 0.696. The van der Waals surface area contributed by atoms with Gasteiger partial charge in [0, 0.05) is 116 Å². The molecule has 0 fully saturated rings. The van der Waals surface area contributed by atoms with E-state index in [2.05, 4.69) is 25.1 Å². The summed E-state index contributed by atoms with van der Waals surface area (Å²) in [6.45, 7) is 11.6. The van der Waals surface area contributed by atoms with Crippen molar-refractivity contribution in [2.75, 3.05) is 0 Å². The molecule has 0 saturated heterocycles. The molecule has 0 bridgehead atoms. The molecule has 12 aromatic rings. The van der Waals surface area contributed by atoms with E-state index < -0.39 is 67.6 Å². The molecule has 0 N–H and O–H groups in total. The Labute approximate surface area is 590 Å². The van der Waals surface area contributed by atoms with Gasteiger partial charge in [0.1, 0.15) is 50.5 Å². The molecule has 6 heterocycles. The van der Waals surface area contributed by atoms with Crippen molar-refractivity contribution in [3.8, 4) is 67.5 Å². The van der Waals surface area contributed by atoms with E-state index in [1.165, 1.54) is 29.7 Å². The van der Waals surface area contributed by atoms with Gasteiger partial charge in [-0.3, -0.25) is 0 Å². The summed E-state index contributed by atoms with van der Waals surface area (Å²) in [5.74, 6) is 0. The number of hydrogen-bond donors (Lipinski definition) is 0. The number of hydrogen-bond acceptors (Lipinski definition) is 0. The van der Waals surface area contributed by atoms with Gasteiger partial charge in [0.05, 0.1) is 16.4 Å². The van der Waals surface area contributed by atoms with E-state index in [9.17, 15) is 0 Å². The average Bonchev–Trinajstić information content (AvgIpc) is 0.720. The first-order valence-electron chi connectivity index (χ1n) is 43.4. The van der Waals surface area contributed by atoms with Crippen LogP contribution in [0.25, 0.3) is 67.5 Å². The van der Waals surface area contributed by atoms with Gasteiger partial charge in [-0.15, -0.1) is 0 Å². The predicted molar refractivity (Wildman–Crippen MR) is 385 cm³/mol. The Morgan fingerprint density at radius 3 is 1.17 bits per heavy atom. The van der Waals surface area contributed by atoms with Crippen LogP contribution < -0.4 is 27.4 Å². The third-order valence-electron chi connectivity index (χ3n) is 15.0. The number of benzene rings is 6. The van der Waals surface area contributed by atoms with E-state index in [1.54, 1.807) is 48.7 Å².